The quantitative estimate of drug-likeness (QED) is 0.377. The van der Waals surface area contributed by atoms with Gasteiger partial charge in [0.15, 0.2) is 9.84 Å². The molecule has 2 aromatic carbocycles. The van der Waals surface area contributed by atoms with Crippen molar-refractivity contribution in [2.75, 3.05) is 19.4 Å². The Morgan fingerprint density at radius 3 is 2.44 bits per heavy atom. The van der Waals surface area contributed by atoms with E-state index in [1.165, 1.54) is 24.8 Å². The van der Waals surface area contributed by atoms with E-state index in [-0.39, 0.29) is 11.2 Å². The first kappa shape index (κ1) is 26.5. The van der Waals surface area contributed by atoms with Crippen molar-refractivity contribution in [2.45, 2.75) is 76.3 Å². The number of hydrogen-bond donors (Lipinski definition) is 1. The summed E-state index contributed by atoms with van der Waals surface area (Å²) in [4.78, 5) is 6.53. The summed E-state index contributed by atoms with van der Waals surface area (Å²) < 4.78 is 31.6. The molecule has 1 unspecified atom stereocenters. The Balaban J connectivity index is 1.72. The number of ether oxygens (including phenoxy) is 1. The van der Waals surface area contributed by atoms with Gasteiger partial charge in [0.2, 0.25) is 0 Å². The number of aromatic nitrogens is 1. The summed E-state index contributed by atoms with van der Waals surface area (Å²) >= 11 is 0. The van der Waals surface area contributed by atoms with Crippen molar-refractivity contribution in [3.63, 3.8) is 0 Å². The highest BCUT2D eigenvalue weighted by Gasteiger charge is 2.27. The van der Waals surface area contributed by atoms with Crippen LogP contribution in [-0.2, 0) is 21.8 Å². The summed E-state index contributed by atoms with van der Waals surface area (Å²) in [5.74, 6) is 0.789. The Kier molecular flexibility index (Phi) is 7.96. The van der Waals surface area contributed by atoms with Gasteiger partial charge in [0.25, 0.3) is 0 Å². The maximum Gasteiger partial charge on any atom is 0.178 e. The SMILES string of the molecule is CCS(=O)(=O)c1cc(-c2ccc(CN3CCCCCC3c3ccccc3)[nH]2)c(OC)c(C(C)(C)C)c1. The normalized spacial score (nSPS) is 17.6. The molecule has 2 heterocycles. The molecule has 0 saturated carbocycles. The summed E-state index contributed by atoms with van der Waals surface area (Å²) in [6, 6.07) is 18.9. The number of rotatable bonds is 7. The molecule has 1 aliphatic heterocycles. The maximum atomic E-state index is 12.9. The zero-order chi connectivity index (χ0) is 25.9. The van der Waals surface area contributed by atoms with E-state index in [4.69, 9.17) is 4.74 Å². The summed E-state index contributed by atoms with van der Waals surface area (Å²) in [5.41, 5.74) is 4.78. The lowest BCUT2D eigenvalue weighted by atomic mass is 9.85. The minimum absolute atomic E-state index is 0.0637. The van der Waals surface area contributed by atoms with E-state index in [1.54, 1.807) is 26.2 Å². The third-order valence-corrected chi connectivity index (χ3v) is 8.99. The van der Waals surface area contributed by atoms with Crippen molar-refractivity contribution in [3.8, 4) is 17.0 Å². The average Bonchev–Trinajstić information content (AvgIpc) is 3.20. The lowest BCUT2D eigenvalue weighted by molar-refractivity contribution is 0.190. The van der Waals surface area contributed by atoms with Crippen molar-refractivity contribution in [3.05, 3.63) is 71.4 Å². The highest BCUT2D eigenvalue weighted by atomic mass is 32.2. The second-order valence-electron chi connectivity index (χ2n) is 10.8. The highest BCUT2D eigenvalue weighted by Crippen LogP contribution is 2.41. The van der Waals surface area contributed by atoms with Gasteiger partial charge in [-0.3, -0.25) is 4.90 Å². The first-order valence-electron chi connectivity index (χ1n) is 13.1. The van der Waals surface area contributed by atoms with Crippen LogP contribution in [0.5, 0.6) is 5.75 Å². The Labute approximate surface area is 216 Å². The van der Waals surface area contributed by atoms with Gasteiger partial charge in [-0.05, 0) is 54.6 Å². The number of methoxy groups -OCH3 is 1. The summed E-state index contributed by atoms with van der Waals surface area (Å²) in [5, 5.41) is 0. The largest absolute Gasteiger partial charge is 0.496 e. The zero-order valence-corrected chi connectivity index (χ0v) is 23.1. The number of aromatic amines is 1. The van der Waals surface area contributed by atoms with E-state index in [9.17, 15) is 8.42 Å². The predicted molar refractivity (Wildman–Crippen MR) is 147 cm³/mol. The van der Waals surface area contributed by atoms with Crippen molar-refractivity contribution in [1.29, 1.82) is 0 Å². The molecule has 1 fully saturated rings. The fraction of sp³-hybridized carbons (Fsp3) is 0.467. The zero-order valence-electron chi connectivity index (χ0n) is 22.3. The molecule has 0 radical (unpaired) electrons. The number of likely N-dealkylation sites (tertiary alicyclic amines) is 1. The summed E-state index contributed by atoms with van der Waals surface area (Å²) in [6.07, 6.45) is 4.88. The predicted octanol–water partition coefficient (Wildman–Crippen LogP) is 6.90. The molecule has 0 amide bonds. The molecular formula is C30H40N2O3S. The molecule has 1 saturated heterocycles. The topological polar surface area (TPSA) is 62.4 Å². The van der Waals surface area contributed by atoms with Gasteiger partial charge in [-0.15, -0.1) is 0 Å². The number of sulfone groups is 1. The summed E-state index contributed by atoms with van der Waals surface area (Å²) in [6.45, 7) is 9.82. The molecule has 1 atom stereocenters. The maximum absolute atomic E-state index is 12.9. The number of H-pyrrole nitrogens is 1. The number of hydrogen-bond acceptors (Lipinski definition) is 4. The molecule has 4 rings (SSSR count). The Hall–Kier alpha value is -2.57. The van der Waals surface area contributed by atoms with E-state index in [1.807, 2.05) is 0 Å². The third-order valence-electron chi connectivity index (χ3n) is 7.27. The molecule has 3 aromatic rings. The van der Waals surface area contributed by atoms with Gasteiger partial charge < -0.3 is 9.72 Å². The Bertz CT molecular complexity index is 1270. The third kappa shape index (κ3) is 5.70. The molecule has 0 spiro atoms. The van der Waals surface area contributed by atoms with Crippen LogP contribution >= 0.6 is 0 Å². The molecule has 1 N–H and O–H groups in total. The van der Waals surface area contributed by atoms with Crippen molar-refractivity contribution in [2.24, 2.45) is 0 Å². The lowest BCUT2D eigenvalue weighted by Gasteiger charge is -2.30. The van der Waals surface area contributed by atoms with Crippen LogP contribution in [0.25, 0.3) is 11.3 Å². The van der Waals surface area contributed by atoms with Crippen molar-refractivity contribution >= 4 is 9.84 Å². The molecule has 0 bridgehead atoms. The molecule has 36 heavy (non-hydrogen) atoms. The smallest absolute Gasteiger partial charge is 0.178 e. The van der Waals surface area contributed by atoms with Gasteiger partial charge in [-0.1, -0.05) is 70.9 Å². The van der Waals surface area contributed by atoms with Crippen LogP contribution in [0.1, 0.15) is 76.2 Å². The standard InChI is InChI=1S/C30H40N2O3S/c1-6-36(33,34)24-19-25(29(35-5)26(20-24)30(2,3)4)27-17-16-23(31-27)21-32-18-12-8-11-15-28(32)22-13-9-7-10-14-22/h7,9-10,13-14,16-17,19-20,28,31H,6,8,11-12,15,18,21H2,1-5H3. The Morgan fingerprint density at radius 2 is 1.78 bits per heavy atom. The number of benzene rings is 2. The summed E-state index contributed by atoms with van der Waals surface area (Å²) in [7, 11) is -1.71. The van der Waals surface area contributed by atoms with Gasteiger partial charge in [-0.2, -0.15) is 0 Å². The van der Waals surface area contributed by atoms with E-state index in [0.29, 0.717) is 10.9 Å². The second-order valence-corrected chi connectivity index (χ2v) is 13.1. The van der Waals surface area contributed by atoms with Crippen LogP contribution in [0.2, 0.25) is 0 Å². The minimum atomic E-state index is -3.37. The molecule has 5 nitrogen and oxygen atoms in total. The van der Waals surface area contributed by atoms with Crippen molar-refractivity contribution in [1.82, 2.24) is 9.88 Å². The fourth-order valence-corrected chi connectivity index (χ4v) is 6.17. The molecule has 194 valence electrons. The highest BCUT2D eigenvalue weighted by molar-refractivity contribution is 7.91. The monoisotopic (exact) mass is 508 g/mol. The van der Waals surface area contributed by atoms with Crippen LogP contribution in [-0.4, -0.2) is 37.7 Å². The molecular weight excluding hydrogens is 468 g/mol. The van der Waals surface area contributed by atoms with E-state index in [0.717, 1.165) is 47.8 Å². The van der Waals surface area contributed by atoms with Gasteiger partial charge in [0, 0.05) is 35.1 Å². The van der Waals surface area contributed by atoms with Crippen molar-refractivity contribution < 1.29 is 13.2 Å². The van der Waals surface area contributed by atoms with Crippen LogP contribution in [0, 0.1) is 0 Å². The van der Waals surface area contributed by atoms with Crippen LogP contribution in [0.3, 0.4) is 0 Å². The van der Waals surface area contributed by atoms with Gasteiger partial charge in [0.1, 0.15) is 5.75 Å². The van der Waals surface area contributed by atoms with E-state index < -0.39 is 9.84 Å². The average molecular weight is 509 g/mol. The van der Waals surface area contributed by atoms with Gasteiger partial charge in [0.05, 0.1) is 17.8 Å². The molecule has 1 aliphatic rings. The van der Waals surface area contributed by atoms with Crippen LogP contribution in [0.4, 0.5) is 0 Å². The lowest BCUT2D eigenvalue weighted by Crippen LogP contribution is -2.28. The van der Waals surface area contributed by atoms with Gasteiger partial charge in [-0.25, -0.2) is 8.42 Å². The first-order valence-corrected chi connectivity index (χ1v) is 14.7. The van der Waals surface area contributed by atoms with E-state index >= 15 is 0 Å². The number of nitrogens with one attached hydrogen (secondary N) is 1. The van der Waals surface area contributed by atoms with Crippen LogP contribution in [0.15, 0.2) is 59.5 Å². The second kappa shape index (κ2) is 10.8. The number of nitrogens with zero attached hydrogens (tertiary/aromatic N) is 1. The molecule has 0 aliphatic carbocycles. The molecule has 6 heteroatoms. The van der Waals surface area contributed by atoms with E-state index in [2.05, 4.69) is 73.1 Å². The van der Waals surface area contributed by atoms with Gasteiger partial charge >= 0.3 is 0 Å². The Morgan fingerprint density at radius 1 is 1.03 bits per heavy atom. The molecule has 1 aromatic heterocycles. The first-order chi connectivity index (χ1) is 17.1. The minimum Gasteiger partial charge on any atom is -0.496 e. The van der Waals surface area contributed by atoms with Crippen LogP contribution < -0.4 is 4.74 Å². The fourth-order valence-electron chi connectivity index (χ4n) is 5.24.